The summed E-state index contributed by atoms with van der Waals surface area (Å²) < 4.78 is 32.5. The van der Waals surface area contributed by atoms with Crippen LogP contribution in [0.4, 0.5) is 8.78 Å². The van der Waals surface area contributed by atoms with Gasteiger partial charge in [-0.3, -0.25) is 0 Å². The minimum atomic E-state index is -0.466. The minimum Gasteiger partial charge on any atom is -0.494 e. The molecule has 0 atom stereocenters. The lowest BCUT2D eigenvalue weighted by Gasteiger charge is -2.13. The van der Waals surface area contributed by atoms with Gasteiger partial charge in [-0.05, 0) is 47.4 Å². The molecule has 0 heterocycles. The standard InChI is InChI=1S/C17H17F2NO/c1-11-13(4-3-5-15(11)18)14(8-9-20)12-6-7-17(21-2)16(19)10-12/h3-8,10H,9,20H2,1-2H3/b14-8+. The predicted octanol–water partition coefficient (Wildman–Crippen LogP) is 3.67. The summed E-state index contributed by atoms with van der Waals surface area (Å²) in [7, 11) is 1.41. The molecular formula is C17H17F2NO. The first-order chi connectivity index (χ1) is 10.1. The fourth-order valence-electron chi connectivity index (χ4n) is 2.23. The van der Waals surface area contributed by atoms with E-state index < -0.39 is 5.82 Å². The van der Waals surface area contributed by atoms with Crippen LogP contribution in [0.2, 0.25) is 0 Å². The Morgan fingerprint density at radius 3 is 2.57 bits per heavy atom. The maximum Gasteiger partial charge on any atom is 0.165 e. The lowest BCUT2D eigenvalue weighted by Crippen LogP contribution is -2.00. The van der Waals surface area contributed by atoms with Gasteiger partial charge in [0.2, 0.25) is 0 Å². The number of nitrogens with two attached hydrogens (primary N) is 1. The first kappa shape index (κ1) is 15.2. The van der Waals surface area contributed by atoms with Crippen LogP contribution >= 0.6 is 0 Å². The van der Waals surface area contributed by atoms with E-state index in [2.05, 4.69) is 0 Å². The fraction of sp³-hybridized carbons (Fsp3) is 0.176. The van der Waals surface area contributed by atoms with Crippen molar-refractivity contribution in [1.82, 2.24) is 0 Å². The molecule has 0 spiro atoms. The SMILES string of the molecule is COc1ccc(/C(=C\CN)c2cccc(F)c2C)cc1F. The molecule has 2 aromatic carbocycles. The molecule has 0 aromatic heterocycles. The maximum atomic E-state index is 13.9. The second-order valence-corrected chi connectivity index (χ2v) is 4.62. The molecule has 21 heavy (non-hydrogen) atoms. The molecule has 0 aliphatic heterocycles. The first-order valence-electron chi connectivity index (χ1n) is 6.58. The van der Waals surface area contributed by atoms with Gasteiger partial charge in [0.1, 0.15) is 5.82 Å². The van der Waals surface area contributed by atoms with Crippen molar-refractivity contribution in [2.45, 2.75) is 6.92 Å². The van der Waals surface area contributed by atoms with Crippen LogP contribution in [0, 0.1) is 18.6 Å². The Labute approximate surface area is 122 Å². The Hall–Kier alpha value is -2.20. The Morgan fingerprint density at radius 1 is 1.19 bits per heavy atom. The molecule has 2 rings (SSSR count). The number of hydrogen-bond donors (Lipinski definition) is 1. The highest BCUT2D eigenvalue weighted by molar-refractivity contribution is 5.81. The van der Waals surface area contributed by atoms with Crippen molar-refractivity contribution in [2.75, 3.05) is 13.7 Å². The van der Waals surface area contributed by atoms with Crippen molar-refractivity contribution >= 4 is 5.57 Å². The van der Waals surface area contributed by atoms with Crippen molar-refractivity contribution in [2.24, 2.45) is 5.73 Å². The fourth-order valence-corrected chi connectivity index (χ4v) is 2.23. The normalized spacial score (nSPS) is 11.6. The van der Waals surface area contributed by atoms with Gasteiger partial charge in [0.05, 0.1) is 7.11 Å². The van der Waals surface area contributed by atoms with E-state index in [1.807, 2.05) is 0 Å². The van der Waals surface area contributed by atoms with Gasteiger partial charge in [0.25, 0.3) is 0 Å². The molecule has 0 aliphatic rings. The summed E-state index contributed by atoms with van der Waals surface area (Å²) in [5.41, 5.74) is 8.14. The van der Waals surface area contributed by atoms with E-state index in [0.29, 0.717) is 22.3 Å². The highest BCUT2D eigenvalue weighted by atomic mass is 19.1. The molecule has 110 valence electrons. The monoisotopic (exact) mass is 289 g/mol. The number of halogens is 2. The molecule has 0 aliphatic carbocycles. The van der Waals surface area contributed by atoms with Gasteiger partial charge < -0.3 is 10.5 Å². The molecule has 0 unspecified atom stereocenters. The van der Waals surface area contributed by atoms with Crippen LogP contribution in [0.1, 0.15) is 16.7 Å². The number of rotatable bonds is 4. The zero-order valence-electron chi connectivity index (χ0n) is 12.0. The van der Waals surface area contributed by atoms with E-state index in [0.717, 1.165) is 0 Å². The van der Waals surface area contributed by atoms with Crippen molar-refractivity contribution in [3.63, 3.8) is 0 Å². The highest BCUT2D eigenvalue weighted by Gasteiger charge is 2.12. The van der Waals surface area contributed by atoms with Gasteiger partial charge in [-0.2, -0.15) is 0 Å². The summed E-state index contributed by atoms with van der Waals surface area (Å²) in [5, 5.41) is 0. The van der Waals surface area contributed by atoms with Crippen LogP contribution in [0.25, 0.3) is 5.57 Å². The van der Waals surface area contributed by atoms with Gasteiger partial charge in [-0.1, -0.05) is 24.3 Å². The minimum absolute atomic E-state index is 0.168. The van der Waals surface area contributed by atoms with Crippen molar-refractivity contribution in [3.05, 3.63) is 70.8 Å². The second-order valence-electron chi connectivity index (χ2n) is 4.62. The number of benzene rings is 2. The summed E-state index contributed by atoms with van der Waals surface area (Å²) in [5.74, 6) is -0.599. The van der Waals surface area contributed by atoms with Crippen molar-refractivity contribution in [1.29, 1.82) is 0 Å². The Kier molecular flexibility index (Phi) is 4.70. The Morgan fingerprint density at radius 2 is 1.95 bits per heavy atom. The smallest absolute Gasteiger partial charge is 0.165 e. The molecule has 0 fully saturated rings. The van der Waals surface area contributed by atoms with Crippen LogP contribution in [0.15, 0.2) is 42.5 Å². The lowest BCUT2D eigenvalue weighted by molar-refractivity contribution is 0.386. The number of methoxy groups -OCH3 is 1. The van der Waals surface area contributed by atoms with Crippen LogP contribution in [-0.4, -0.2) is 13.7 Å². The zero-order chi connectivity index (χ0) is 15.4. The summed E-state index contributed by atoms with van der Waals surface area (Å²) in [6, 6.07) is 9.46. The lowest BCUT2D eigenvalue weighted by atomic mass is 9.93. The number of hydrogen-bond acceptors (Lipinski definition) is 2. The first-order valence-corrected chi connectivity index (χ1v) is 6.58. The molecule has 0 radical (unpaired) electrons. The number of ether oxygens (including phenoxy) is 1. The van der Waals surface area contributed by atoms with Gasteiger partial charge in [0, 0.05) is 6.54 Å². The van der Waals surface area contributed by atoms with Crippen LogP contribution in [-0.2, 0) is 0 Å². The van der Waals surface area contributed by atoms with E-state index in [9.17, 15) is 8.78 Å². The van der Waals surface area contributed by atoms with E-state index in [1.54, 1.807) is 37.3 Å². The molecule has 0 saturated carbocycles. The Bertz CT molecular complexity index is 680. The van der Waals surface area contributed by atoms with Crippen molar-refractivity contribution in [3.8, 4) is 5.75 Å². The molecule has 2 N–H and O–H groups in total. The van der Waals surface area contributed by atoms with Crippen molar-refractivity contribution < 1.29 is 13.5 Å². The maximum absolute atomic E-state index is 13.9. The Balaban J connectivity index is 2.57. The zero-order valence-corrected chi connectivity index (χ0v) is 12.0. The third kappa shape index (κ3) is 3.11. The highest BCUT2D eigenvalue weighted by Crippen LogP contribution is 2.29. The summed E-state index contributed by atoms with van der Waals surface area (Å²) >= 11 is 0. The summed E-state index contributed by atoms with van der Waals surface area (Å²) in [4.78, 5) is 0. The van der Waals surface area contributed by atoms with E-state index in [-0.39, 0.29) is 18.1 Å². The molecule has 4 heteroatoms. The van der Waals surface area contributed by atoms with Gasteiger partial charge in [0.15, 0.2) is 11.6 Å². The van der Waals surface area contributed by atoms with E-state index in [4.69, 9.17) is 10.5 Å². The van der Waals surface area contributed by atoms with Crippen LogP contribution < -0.4 is 10.5 Å². The molecule has 0 bridgehead atoms. The molecule has 2 nitrogen and oxygen atoms in total. The average molecular weight is 289 g/mol. The third-order valence-corrected chi connectivity index (χ3v) is 3.34. The average Bonchev–Trinajstić information content (AvgIpc) is 2.48. The quantitative estimate of drug-likeness (QED) is 0.932. The molecule has 2 aromatic rings. The van der Waals surface area contributed by atoms with E-state index in [1.165, 1.54) is 19.2 Å². The van der Waals surface area contributed by atoms with Crippen LogP contribution in [0.3, 0.4) is 0 Å². The predicted molar refractivity (Wildman–Crippen MR) is 80.2 cm³/mol. The molecule has 0 saturated heterocycles. The topological polar surface area (TPSA) is 35.2 Å². The van der Waals surface area contributed by atoms with Gasteiger partial charge in [-0.25, -0.2) is 8.78 Å². The second kappa shape index (κ2) is 6.50. The molecular weight excluding hydrogens is 272 g/mol. The summed E-state index contributed by atoms with van der Waals surface area (Å²) in [6.07, 6.45) is 1.75. The largest absolute Gasteiger partial charge is 0.494 e. The third-order valence-electron chi connectivity index (χ3n) is 3.34. The van der Waals surface area contributed by atoms with E-state index >= 15 is 0 Å². The summed E-state index contributed by atoms with van der Waals surface area (Å²) in [6.45, 7) is 1.97. The molecule has 0 amide bonds. The van der Waals surface area contributed by atoms with Gasteiger partial charge >= 0.3 is 0 Å². The van der Waals surface area contributed by atoms with Crippen LogP contribution in [0.5, 0.6) is 5.75 Å². The van der Waals surface area contributed by atoms with Gasteiger partial charge in [-0.15, -0.1) is 0 Å².